The largest absolute Gasteiger partial charge is 0.494 e. The number of rotatable bonds is 7. The van der Waals surface area contributed by atoms with Gasteiger partial charge in [-0.3, -0.25) is 4.79 Å². The average molecular weight is 297 g/mol. The molecule has 3 nitrogen and oxygen atoms in total. The van der Waals surface area contributed by atoms with Gasteiger partial charge >= 0.3 is 0 Å². The molecule has 2 aromatic carbocycles. The van der Waals surface area contributed by atoms with E-state index < -0.39 is 0 Å². The zero-order chi connectivity index (χ0) is 15.8. The summed E-state index contributed by atoms with van der Waals surface area (Å²) in [7, 11) is 0. The topological polar surface area (TPSA) is 29.5 Å². The molecule has 0 aliphatic heterocycles. The lowest BCUT2D eigenvalue weighted by Crippen LogP contribution is -2.31. The Hall–Kier alpha value is -2.29. The van der Waals surface area contributed by atoms with E-state index in [1.54, 1.807) is 0 Å². The summed E-state index contributed by atoms with van der Waals surface area (Å²) in [5.41, 5.74) is 2.17. The predicted molar refractivity (Wildman–Crippen MR) is 88.8 cm³/mol. The van der Waals surface area contributed by atoms with Crippen molar-refractivity contribution in [1.82, 2.24) is 4.90 Å². The van der Waals surface area contributed by atoms with Crippen molar-refractivity contribution in [2.75, 3.05) is 13.2 Å². The summed E-state index contributed by atoms with van der Waals surface area (Å²) in [6, 6.07) is 17.8. The zero-order valence-corrected chi connectivity index (χ0v) is 13.3. The minimum absolute atomic E-state index is 0.149. The van der Waals surface area contributed by atoms with Crippen molar-refractivity contribution < 1.29 is 9.53 Å². The molecule has 0 spiro atoms. The van der Waals surface area contributed by atoms with Crippen LogP contribution in [0, 0.1) is 0 Å². The Morgan fingerprint density at radius 1 is 0.955 bits per heavy atom. The highest BCUT2D eigenvalue weighted by Crippen LogP contribution is 2.14. The summed E-state index contributed by atoms with van der Waals surface area (Å²) in [4.78, 5) is 14.3. The molecule has 22 heavy (non-hydrogen) atoms. The van der Waals surface area contributed by atoms with Gasteiger partial charge in [-0.05, 0) is 37.1 Å². The van der Waals surface area contributed by atoms with Gasteiger partial charge in [0, 0.05) is 13.1 Å². The van der Waals surface area contributed by atoms with Crippen LogP contribution in [0.4, 0.5) is 0 Å². The highest BCUT2D eigenvalue weighted by atomic mass is 16.5. The third-order valence-electron chi connectivity index (χ3n) is 3.54. The lowest BCUT2D eigenvalue weighted by atomic mass is 10.1. The fraction of sp³-hybridized carbons (Fsp3) is 0.316. The van der Waals surface area contributed by atoms with E-state index in [2.05, 4.69) is 0 Å². The number of likely N-dealkylation sites (N-methyl/N-ethyl adjacent to an activating group) is 1. The van der Waals surface area contributed by atoms with Crippen molar-refractivity contribution in [1.29, 1.82) is 0 Å². The van der Waals surface area contributed by atoms with Crippen molar-refractivity contribution in [3.8, 4) is 5.75 Å². The van der Waals surface area contributed by atoms with Gasteiger partial charge in [-0.25, -0.2) is 0 Å². The van der Waals surface area contributed by atoms with Crippen LogP contribution < -0.4 is 4.74 Å². The van der Waals surface area contributed by atoms with Crippen LogP contribution in [0.1, 0.15) is 25.0 Å². The van der Waals surface area contributed by atoms with E-state index in [1.165, 1.54) is 0 Å². The van der Waals surface area contributed by atoms with Crippen LogP contribution in [-0.2, 0) is 17.8 Å². The predicted octanol–water partition coefficient (Wildman–Crippen LogP) is 3.68. The number of hydrogen-bond donors (Lipinski definition) is 0. The molecule has 2 aromatic rings. The number of nitrogens with zero attached hydrogens (tertiary/aromatic N) is 1. The van der Waals surface area contributed by atoms with Gasteiger partial charge in [-0.15, -0.1) is 0 Å². The molecule has 116 valence electrons. The van der Waals surface area contributed by atoms with Crippen molar-refractivity contribution in [3.05, 3.63) is 65.7 Å². The van der Waals surface area contributed by atoms with E-state index in [0.29, 0.717) is 26.1 Å². The van der Waals surface area contributed by atoms with Crippen molar-refractivity contribution in [2.24, 2.45) is 0 Å². The summed E-state index contributed by atoms with van der Waals surface area (Å²) in [6.45, 7) is 6.00. The molecule has 0 heterocycles. The first-order valence-electron chi connectivity index (χ1n) is 7.76. The van der Waals surface area contributed by atoms with Crippen molar-refractivity contribution >= 4 is 5.91 Å². The first kappa shape index (κ1) is 16.1. The molecular weight excluding hydrogens is 274 g/mol. The number of ether oxygens (including phenoxy) is 1. The number of amides is 1. The molecule has 2 rings (SSSR count). The van der Waals surface area contributed by atoms with E-state index in [9.17, 15) is 4.79 Å². The van der Waals surface area contributed by atoms with Crippen LogP contribution >= 0.6 is 0 Å². The highest BCUT2D eigenvalue weighted by molar-refractivity contribution is 5.78. The molecule has 0 unspecified atom stereocenters. The lowest BCUT2D eigenvalue weighted by molar-refractivity contribution is -0.130. The fourth-order valence-electron chi connectivity index (χ4n) is 2.34. The van der Waals surface area contributed by atoms with Crippen LogP contribution in [0.2, 0.25) is 0 Å². The summed E-state index contributed by atoms with van der Waals surface area (Å²) in [6.07, 6.45) is 0.424. The summed E-state index contributed by atoms with van der Waals surface area (Å²) >= 11 is 0. The maximum atomic E-state index is 12.5. The van der Waals surface area contributed by atoms with E-state index in [1.807, 2.05) is 73.3 Å². The van der Waals surface area contributed by atoms with Crippen LogP contribution in [0.3, 0.4) is 0 Å². The second-order valence-electron chi connectivity index (χ2n) is 5.15. The maximum absolute atomic E-state index is 12.5. The van der Waals surface area contributed by atoms with E-state index in [0.717, 1.165) is 16.9 Å². The average Bonchev–Trinajstić information content (AvgIpc) is 2.55. The molecule has 0 aromatic heterocycles. The molecular formula is C19H23NO2. The Balaban J connectivity index is 1.96. The number of carbonyl (C=O) groups excluding carboxylic acids is 1. The summed E-state index contributed by atoms with van der Waals surface area (Å²) < 4.78 is 5.42. The number of benzene rings is 2. The molecule has 0 aliphatic carbocycles. The molecule has 0 fully saturated rings. The van der Waals surface area contributed by atoms with Crippen molar-refractivity contribution in [3.63, 3.8) is 0 Å². The molecule has 3 heteroatoms. The molecule has 1 amide bonds. The van der Waals surface area contributed by atoms with Gasteiger partial charge < -0.3 is 9.64 Å². The second-order valence-corrected chi connectivity index (χ2v) is 5.15. The Bertz CT molecular complexity index is 578. The van der Waals surface area contributed by atoms with Gasteiger partial charge in [0.25, 0.3) is 0 Å². The van der Waals surface area contributed by atoms with Gasteiger partial charge in [0.2, 0.25) is 5.91 Å². The first-order chi connectivity index (χ1) is 10.7. The van der Waals surface area contributed by atoms with Gasteiger partial charge in [-0.1, -0.05) is 42.5 Å². The van der Waals surface area contributed by atoms with Gasteiger partial charge in [0.15, 0.2) is 0 Å². The lowest BCUT2D eigenvalue weighted by Gasteiger charge is -2.21. The molecule has 0 saturated carbocycles. The molecule has 0 aliphatic rings. The Labute approximate surface area is 132 Å². The fourth-order valence-corrected chi connectivity index (χ4v) is 2.34. The Morgan fingerprint density at radius 3 is 2.23 bits per heavy atom. The quantitative estimate of drug-likeness (QED) is 0.780. The molecule has 0 bridgehead atoms. The smallest absolute Gasteiger partial charge is 0.227 e. The van der Waals surface area contributed by atoms with Crippen LogP contribution in [-0.4, -0.2) is 24.0 Å². The van der Waals surface area contributed by atoms with E-state index in [-0.39, 0.29) is 5.91 Å². The monoisotopic (exact) mass is 297 g/mol. The highest BCUT2D eigenvalue weighted by Gasteiger charge is 2.12. The molecule has 0 saturated heterocycles. The normalized spacial score (nSPS) is 10.3. The minimum atomic E-state index is 0.149. The van der Waals surface area contributed by atoms with Crippen LogP contribution in [0.5, 0.6) is 5.75 Å². The van der Waals surface area contributed by atoms with Crippen molar-refractivity contribution in [2.45, 2.75) is 26.8 Å². The zero-order valence-electron chi connectivity index (χ0n) is 13.3. The second kappa shape index (κ2) is 8.23. The molecule has 0 N–H and O–H groups in total. The first-order valence-corrected chi connectivity index (χ1v) is 7.76. The van der Waals surface area contributed by atoms with Gasteiger partial charge in [-0.2, -0.15) is 0 Å². The van der Waals surface area contributed by atoms with Gasteiger partial charge in [0.05, 0.1) is 13.0 Å². The summed E-state index contributed by atoms with van der Waals surface area (Å²) in [5, 5.41) is 0. The number of hydrogen-bond acceptors (Lipinski definition) is 2. The van der Waals surface area contributed by atoms with Crippen LogP contribution in [0.25, 0.3) is 0 Å². The minimum Gasteiger partial charge on any atom is -0.494 e. The standard InChI is InChI=1S/C19H23NO2/c1-3-20(15-17-8-6-5-7-9-17)19(21)14-16-10-12-18(13-11-16)22-4-2/h5-13H,3-4,14-15H2,1-2H3. The van der Waals surface area contributed by atoms with Gasteiger partial charge in [0.1, 0.15) is 5.75 Å². The molecule has 0 radical (unpaired) electrons. The third-order valence-corrected chi connectivity index (χ3v) is 3.54. The SMILES string of the molecule is CCOc1ccc(CC(=O)N(CC)Cc2ccccc2)cc1. The number of carbonyl (C=O) groups is 1. The summed E-state index contributed by atoms with van der Waals surface area (Å²) in [5.74, 6) is 0.992. The maximum Gasteiger partial charge on any atom is 0.227 e. The molecule has 0 atom stereocenters. The third kappa shape index (κ3) is 4.62. The Kier molecular flexibility index (Phi) is 6.01. The van der Waals surface area contributed by atoms with E-state index >= 15 is 0 Å². The Morgan fingerprint density at radius 2 is 1.64 bits per heavy atom. The van der Waals surface area contributed by atoms with Crippen LogP contribution in [0.15, 0.2) is 54.6 Å². The van der Waals surface area contributed by atoms with E-state index in [4.69, 9.17) is 4.74 Å².